The van der Waals surface area contributed by atoms with Crippen molar-refractivity contribution in [3.05, 3.63) is 54.3 Å². The smallest absolute Gasteiger partial charge is 0.228 e. The molecule has 1 fully saturated rings. The average molecular weight is 389 g/mol. The number of para-hydroxylation sites is 1. The maximum absolute atomic E-state index is 12.8. The summed E-state index contributed by atoms with van der Waals surface area (Å²) in [6.07, 6.45) is 3.14. The fourth-order valence-corrected chi connectivity index (χ4v) is 4.42. The Morgan fingerprint density at radius 3 is 2.79 bits per heavy atom. The molecule has 0 atom stereocenters. The Labute approximate surface area is 166 Å². The molecule has 1 amide bonds. The van der Waals surface area contributed by atoms with Crippen molar-refractivity contribution in [2.24, 2.45) is 5.92 Å². The van der Waals surface area contributed by atoms with Gasteiger partial charge in [-0.05, 0) is 43.2 Å². The minimum absolute atomic E-state index is 0.00650. The molecular formula is C21H19N5OS. The molecule has 2 aromatic carbocycles. The van der Waals surface area contributed by atoms with E-state index < -0.39 is 0 Å². The normalized spacial score (nSPS) is 15.2. The lowest BCUT2D eigenvalue weighted by molar-refractivity contribution is -0.120. The number of nitrogens with zero attached hydrogens (tertiary/aromatic N) is 4. The van der Waals surface area contributed by atoms with Crippen molar-refractivity contribution in [2.75, 3.05) is 23.3 Å². The lowest BCUT2D eigenvalue weighted by Crippen LogP contribution is -2.38. The number of anilines is 2. The number of hydrogen-bond acceptors (Lipinski definition) is 6. The topological polar surface area (TPSA) is 71.0 Å². The molecular weight excluding hydrogens is 370 g/mol. The Morgan fingerprint density at radius 2 is 1.89 bits per heavy atom. The highest BCUT2D eigenvalue weighted by atomic mass is 32.1. The van der Waals surface area contributed by atoms with Gasteiger partial charge in [0.25, 0.3) is 0 Å². The van der Waals surface area contributed by atoms with E-state index >= 15 is 0 Å². The van der Waals surface area contributed by atoms with E-state index in [0.717, 1.165) is 42.4 Å². The van der Waals surface area contributed by atoms with E-state index in [1.807, 2.05) is 29.8 Å². The van der Waals surface area contributed by atoms with E-state index in [9.17, 15) is 4.79 Å². The van der Waals surface area contributed by atoms with Crippen LogP contribution in [0, 0.1) is 5.92 Å². The highest BCUT2D eigenvalue weighted by molar-refractivity contribution is 7.16. The van der Waals surface area contributed by atoms with Crippen molar-refractivity contribution in [1.82, 2.24) is 15.0 Å². The van der Waals surface area contributed by atoms with Gasteiger partial charge in [0.05, 0.1) is 21.2 Å². The first-order valence-corrected chi connectivity index (χ1v) is 10.2. The number of carbonyl (C=O) groups excluding carboxylic acids is 1. The molecule has 7 heteroatoms. The molecule has 4 aromatic rings. The van der Waals surface area contributed by atoms with E-state index in [1.165, 1.54) is 16.7 Å². The van der Waals surface area contributed by atoms with Crippen LogP contribution in [0.2, 0.25) is 0 Å². The van der Waals surface area contributed by atoms with Gasteiger partial charge in [-0.3, -0.25) is 4.79 Å². The van der Waals surface area contributed by atoms with Crippen molar-refractivity contribution < 1.29 is 4.79 Å². The molecule has 1 N–H and O–H groups in total. The summed E-state index contributed by atoms with van der Waals surface area (Å²) in [6, 6.07) is 14.1. The van der Waals surface area contributed by atoms with Gasteiger partial charge >= 0.3 is 0 Å². The molecule has 0 bridgehead atoms. The van der Waals surface area contributed by atoms with Crippen molar-refractivity contribution in [2.45, 2.75) is 12.8 Å². The van der Waals surface area contributed by atoms with Crippen molar-refractivity contribution in [3.8, 4) is 0 Å². The van der Waals surface area contributed by atoms with Crippen LogP contribution in [0.3, 0.4) is 0 Å². The number of rotatable bonds is 3. The van der Waals surface area contributed by atoms with Crippen LogP contribution in [0.4, 0.5) is 11.5 Å². The van der Waals surface area contributed by atoms with E-state index in [1.54, 1.807) is 11.3 Å². The SMILES string of the molecule is O=C(Nc1ncnc2ccccc12)C1CCN(c2ccc3scnc3c2)CC1. The van der Waals surface area contributed by atoms with Crippen LogP contribution < -0.4 is 10.2 Å². The summed E-state index contributed by atoms with van der Waals surface area (Å²) in [7, 11) is 0. The quantitative estimate of drug-likeness (QED) is 0.571. The van der Waals surface area contributed by atoms with Crippen LogP contribution in [-0.2, 0) is 4.79 Å². The Morgan fingerprint density at radius 1 is 1.04 bits per heavy atom. The Balaban J connectivity index is 1.26. The summed E-state index contributed by atoms with van der Waals surface area (Å²) in [6.45, 7) is 1.72. The van der Waals surface area contributed by atoms with Gasteiger partial charge in [0.2, 0.25) is 5.91 Å². The predicted molar refractivity (Wildman–Crippen MR) is 113 cm³/mol. The monoisotopic (exact) mass is 389 g/mol. The summed E-state index contributed by atoms with van der Waals surface area (Å²) in [5.74, 6) is 0.624. The molecule has 0 spiro atoms. The van der Waals surface area contributed by atoms with Crippen LogP contribution in [0.5, 0.6) is 0 Å². The van der Waals surface area contributed by atoms with Crippen LogP contribution in [0.1, 0.15) is 12.8 Å². The van der Waals surface area contributed by atoms with Crippen LogP contribution in [0.25, 0.3) is 21.1 Å². The average Bonchev–Trinajstić information content (AvgIpc) is 3.22. The fourth-order valence-electron chi connectivity index (χ4n) is 3.77. The molecule has 0 saturated carbocycles. The summed E-state index contributed by atoms with van der Waals surface area (Å²) >= 11 is 1.66. The zero-order chi connectivity index (χ0) is 18.9. The fraction of sp³-hybridized carbons (Fsp3) is 0.238. The number of hydrogen-bond donors (Lipinski definition) is 1. The maximum atomic E-state index is 12.8. The van der Waals surface area contributed by atoms with Crippen LogP contribution in [-0.4, -0.2) is 33.9 Å². The van der Waals surface area contributed by atoms with Gasteiger partial charge in [-0.1, -0.05) is 12.1 Å². The number of aromatic nitrogens is 3. The van der Waals surface area contributed by atoms with E-state index in [-0.39, 0.29) is 11.8 Å². The van der Waals surface area contributed by atoms with Crippen molar-refractivity contribution in [3.63, 3.8) is 0 Å². The Bertz CT molecular complexity index is 1140. The van der Waals surface area contributed by atoms with Gasteiger partial charge < -0.3 is 10.2 Å². The standard InChI is InChI=1S/C21H19N5OS/c27-21(25-20-16-3-1-2-4-17(16)22-12-23-20)14-7-9-26(10-8-14)15-5-6-19-18(11-15)24-13-28-19/h1-6,11-14H,7-10H2,(H,22,23,25,27). The first-order valence-electron chi connectivity index (χ1n) is 9.37. The minimum atomic E-state index is -0.00650. The van der Waals surface area contributed by atoms with Gasteiger partial charge in [0.15, 0.2) is 0 Å². The molecule has 1 aliphatic heterocycles. The summed E-state index contributed by atoms with van der Waals surface area (Å²) in [5.41, 5.74) is 4.93. The highest BCUT2D eigenvalue weighted by Crippen LogP contribution is 2.28. The molecule has 1 aliphatic rings. The maximum Gasteiger partial charge on any atom is 0.228 e. The molecule has 28 heavy (non-hydrogen) atoms. The second-order valence-electron chi connectivity index (χ2n) is 6.99. The third kappa shape index (κ3) is 3.18. The van der Waals surface area contributed by atoms with Gasteiger partial charge in [0.1, 0.15) is 12.1 Å². The van der Waals surface area contributed by atoms with Gasteiger partial charge in [-0.15, -0.1) is 11.3 Å². The highest BCUT2D eigenvalue weighted by Gasteiger charge is 2.26. The molecule has 3 heterocycles. The second-order valence-corrected chi connectivity index (χ2v) is 7.88. The third-order valence-corrected chi connectivity index (χ3v) is 6.14. The largest absolute Gasteiger partial charge is 0.371 e. The summed E-state index contributed by atoms with van der Waals surface area (Å²) < 4.78 is 1.20. The number of amides is 1. The lowest BCUT2D eigenvalue weighted by Gasteiger charge is -2.33. The van der Waals surface area contributed by atoms with Gasteiger partial charge in [-0.25, -0.2) is 15.0 Å². The van der Waals surface area contributed by atoms with Crippen molar-refractivity contribution >= 4 is 49.9 Å². The first kappa shape index (κ1) is 17.1. The molecule has 6 nitrogen and oxygen atoms in total. The molecule has 1 saturated heterocycles. The van der Waals surface area contributed by atoms with Crippen molar-refractivity contribution in [1.29, 1.82) is 0 Å². The predicted octanol–water partition coefficient (Wildman–Crippen LogP) is 4.09. The molecule has 0 unspecified atom stereocenters. The van der Waals surface area contributed by atoms with Gasteiger partial charge in [0, 0.05) is 30.1 Å². The molecule has 5 rings (SSSR count). The molecule has 0 aliphatic carbocycles. The van der Waals surface area contributed by atoms with Crippen LogP contribution >= 0.6 is 11.3 Å². The third-order valence-electron chi connectivity index (χ3n) is 5.33. The first-order chi connectivity index (χ1) is 13.8. The lowest BCUT2D eigenvalue weighted by atomic mass is 9.95. The number of benzene rings is 2. The van der Waals surface area contributed by atoms with E-state index in [2.05, 4.69) is 43.4 Å². The molecule has 0 radical (unpaired) electrons. The number of carbonyl (C=O) groups is 1. The summed E-state index contributed by atoms with van der Waals surface area (Å²) in [4.78, 5) is 28.1. The molecule has 2 aromatic heterocycles. The Hall–Kier alpha value is -3.06. The van der Waals surface area contributed by atoms with E-state index in [4.69, 9.17) is 0 Å². The van der Waals surface area contributed by atoms with E-state index in [0.29, 0.717) is 5.82 Å². The number of nitrogens with one attached hydrogen (secondary N) is 1. The Kier molecular flexibility index (Phi) is 4.37. The summed E-state index contributed by atoms with van der Waals surface area (Å²) in [5, 5.41) is 3.88. The minimum Gasteiger partial charge on any atom is -0.371 e. The second kappa shape index (κ2) is 7.16. The zero-order valence-electron chi connectivity index (χ0n) is 15.2. The number of thiazole rings is 1. The van der Waals surface area contributed by atoms with Gasteiger partial charge in [-0.2, -0.15) is 0 Å². The molecule has 140 valence electrons. The van der Waals surface area contributed by atoms with Crippen LogP contribution in [0.15, 0.2) is 54.3 Å². The number of piperidine rings is 1. The number of fused-ring (bicyclic) bond motifs is 2. The zero-order valence-corrected chi connectivity index (χ0v) is 16.0.